The van der Waals surface area contributed by atoms with Crippen LogP contribution in [0.3, 0.4) is 0 Å². The van der Waals surface area contributed by atoms with Crippen LogP contribution in [0.2, 0.25) is 0 Å². The molecule has 0 amide bonds. The van der Waals surface area contributed by atoms with Crippen LogP contribution in [0.1, 0.15) is 36.6 Å². The Morgan fingerprint density at radius 3 is 2.50 bits per heavy atom. The molecule has 1 heterocycles. The molecule has 0 spiro atoms. The van der Waals surface area contributed by atoms with Crippen molar-refractivity contribution in [1.29, 1.82) is 0 Å². The summed E-state index contributed by atoms with van der Waals surface area (Å²) in [5.41, 5.74) is -1.24. The first-order valence-corrected chi connectivity index (χ1v) is 7.64. The van der Waals surface area contributed by atoms with Crippen molar-refractivity contribution in [2.24, 2.45) is 0 Å². The van der Waals surface area contributed by atoms with Crippen LogP contribution in [-0.4, -0.2) is 10.9 Å². The zero-order valence-corrected chi connectivity index (χ0v) is 13.1. The van der Waals surface area contributed by atoms with Crippen molar-refractivity contribution in [3.8, 4) is 0 Å². The van der Waals surface area contributed by atoms with Crippen LogP contribution in [-0.2, 0) is 6.18 Å². The zero-order chi connectivity index (χ0) is 16.7. The van der Waals surface area contributed by atoms with Gasteiger partial charge in [0.25, 0.3) is 0 Å². The van der Waals surface area contributed by atoms with Crippen molar-refractivity contribution < 1.29 is 22.7 Å². The minimum absolute atomic E-state index is 0.00884. The second kappa shape index (κ2) is 5.96. The molecule has 1 unspecified atom stereocenters. The Hall–Kier alpha value is -1.47. The van der Waals surface area contributed by atoms with Crippen molar-refractivity contribution in [3.05, 3.63) is 39.0 Å². The van der Waals surface area contributed by atoms with Gasteiger partial charge in [-0.3, -0.25) is 4.79 Å². The molecule has 1 atom stereocenters. The number of rotatable bonds is 3. The second-order valence-electron chi connectivity index (χ2n) is 4.89. The quantitative estimate of drug-likeness (QED) is 0.852. The third-order valence-electron chi connectivity index (χ3n) is 3.26. The maximum absolute atomic E-state index is 13.0. The van der Waals surface area contributed by atoms with Gasteiger partial charge in [0.05, 0.1) is 17.1 Å². The molecule has 2 aromatic rings. The van der Waals surface area contributed by atoms with Crippen LogP contribution in [0, 0.1) is 6.92 Å². The van der Waals surface area contributed by atoms with E-state index in [1.54, 1.807) is 0 Å². The number of benzene rings is 1. The third kappa shape index (κ3) is 3.01. The number of hydrogen-bond donors (Lipinski definition) is 1. The maximum atomic E-state index is 13.0. The highest BCUT2D eigenvalue weighted by Crippen LogP contribution is 2.36. The van der Waals surface area contributed by atoms with E-state index >= 15 is 0 Å². The molecule has 0 radical (unpaired) electrons. The SMILES string of the molecule is CCSc1oc2c(C(C)O)cc(C(F)(F)F)cc2c(=O)c1C. The van der Waals surface area contributed by atoms with Crippen LogP contribution in [0.25, 0.3) is 11.0 Å². The Bertz CT molecular complexity index is 763. The van der Waals surface area contributed by atoms with Crippen molar-refractivity contribution in [1.82, 2.24) is 0 Å². The molecular weight excluding hydrogens is 317 g/mol. The predicted molar refractivity (Wildman–Crippen MR) is 79.3 cm³/mol. The molecule has 120 valence electrons. The van der Waals surface area contributed by atoms with Gasteiger partial charge >= 0.3 is 6.18 Å². The summed E-state index contributed by atoms with van der Waals surface area (Å²) in [6, 6.07) is 1.60. The summed E-state index contributed by atoms with van der Waals surface area (Å²) < 4.78 is 44.5. The lowest BCUT2D eigenvalue weighted by atomic mass is 10.0. The molecule has 0 saturated heterocycles. The largest absolute Gasteiger partial charge is 0.449 e. The summed E-state index contributed by atoms with van der Waals surface area (Å²) in [4.78, 5) is 12.4. The van der Waals surface area contributed by atoms with E-state index in [0.717, 1.165) is 12.1 Å². The minimum Gasteiger partial charge on any atom is -0.449 e. The number of alkyl halides is 3. The molecule has 0 bridgehead atoms. The molecule has 0 aliphatic heterocycles. The fraction of sp³-hybridized carbons (Fsp3) is 0.400. The molecule has 1 aromatic heterocycles. The van der Waals surface area contributed by atoms with E-state index in [1.807, 2.05) is 6.92 Å². The Balaban J connectivity index is 2.91. The number of thioether (sulfide) groups is 1. The van der Waals surface area contributed by atoms with Crippen LogP contribution < -0.4 is 5.43 Å². The van der Waals surface area contributed by atoms with Crippen molar-refractivity contribution in [3.63, 3.8) is 0 Å². The van der Waals surface area contributed by atoms with Gasteiger partial charge in [0.2, 0.25) is 0 Å². The van der Waals surface area contributed by atoms with E-state index in [0.29, 0.717) is 10.8 Å². The van der Waals surface area contributed by atoms with Crippen LogP contribution in [0.15, 0.2) is 26.4 Å². The fourth-order valence-corrected chi connectivity index (χ4v) is 2.85. The lowest BCUT2D eigenvalue weighted by Crippen LogP contribution is -2.13. The Kier molecular flexibility index (Phi) is 4.58. The van der Waals surface area contributed by atoms with Crippen LogP contribution in [0.4, 0.5) is 13.2 Å². The van der Waals surface area contributed by atoms with Crippen LogP contribution in [0.5, 0.6) is 0 Å². The van der Waals surface area contributed by atoms with E-state index in [9.17, 15) is 23.1 Å². The van der Waals surface area contributed by atoms with Gasteiger partial charge in [0, 0.05) is 11.1 Å². The van der Waals surface area contributed by atoms with Gasteiger partial charge in [0.15, 0.2) is 10.5 Å². The molecule has 0 aliphatic carbocycles. The highest BCUT2D eigenvalue weighted by Gasteiger charge is 2.33. The van der Waals surface area contributed by atoms with Gasteiger partial charge in [-0.1, -0.05) is 18.7 Å². The molecule has 0 saturated carbocycles. The van der Waals surface area contributed by atoms with E-state index in [4.69, 9.17) is 4.42 Å². The molecule has 0 aliphatic rings. The van der Waals surface area contributed by atoms with Crippen LogP contribution >= 0.6 is 11.8 Å². The van der Waals surface area contributed by atoms with Gasteiger partial charge in [-0.25, -0.2) is 0 Å². The topological polar surface area (TPSA) is 50.4 Å². The Morgan fingerprint density at radius 1 is 1.36 bits per heavy atom. The average molecular weight is 332 g/mol. The van der Waals surface area contributed by atoms with Gasteiger partial charge in [0.1, 0.15) is 5.58 Å². The first-order valence-electron chi connectivity index (χ1n) is 6.66. The van der Waals surface area contributed by atoms with Gasteiger partial charge in [-0.05, 0) is 31.7 Å². The highest BCUT2D eigenvalue weighted by molar-refractivity contribution is 7.99. The fourth-order valence-electron chi connectivity index (χ4n) is 2.14. The lowest BCUT2D eigenvalue weighted by molar-refractivity contribution is -0.137. The summed E-state index contributed by atoms with van der Waals surface area (Å²) >= 11 is 1.29. The standard InChI is InChI=1S/C15H15F3O3S/c1-4-22-14-7(2)12(20)11-6-9(15(16,17)18)5-10(8(3)19)13(11)21-14/h5-6,8,19H,4H2,1-3H3. The number of aliphatic hydroxyl groups is 1. The van der Waals surface area contributed by atoms with E-state index in [2.05, 4.69) is 0 Å². The first kappa shape index (κ1) is 16.9. The Morgan fingerprint density at radius 2 is 2.00 bits per heavy atom. The molecule has 22 heavy (non-hydrogen) atoms. The molecule has 3 nitrogen and oxygen atoms in total. The van der Waals surface area contributed by atoms with Gasteiger partial charge < -0.3 is 9.52 Å². The van der Waals surface area contributed by atoms with E-state index in [-0.39, 0.29) is 22.1 Å². The molecule has 1 aromatic carbocycles. The summed E-state index contributed by atoms with van der Waals surface area (Å²) in [6.07, 6.45) is -5.79. The molecular formula is C15H15F3O3S. The number of halogens is 3. The first-order chi connectivity index (χ1) is 10.2. The number of hydrogen-bond acceptors (Lipinski definition) is 4. The normalized spacial score (nSPS) is 13.6. The van der Waals surface area contributed by atoms with Gasteiger partial charge in [-0.2, -0.15) is 13.2 Å². The molecule has 1 N–H and O–H groups in total. The van der Waals surface area contributed by atoms with E-state index in [1.165, 1.54) is 25.6 Å². The third-order valence-corrected chi connectivity index (χ3v) is 4.20. The minimum atomic E-state index is -4.60. The predicted octanol–water partition coefficient (Wildman–Crippen LogP) is 4.29. The Labute approximate surface area is 129 Å². The summed E-state index contributed by atoms with van der Waals surface area (Å²) in [5.74, 6) is 0.653. The van der Waals surface area contributed by atoms with Crippen molar-refractivity contribution >= 4 is 22.7 Å². The monoisotopic (exact) mass is 332 g/mol. The molecule has 2 rings (SSSR count). The number of aliphatic hydroxyl groups excluding tert-OH is 1. The van der Waals surface area contributed by atoms with Crippen molar-refractivity contribution in [2.45, 2.75) is 38.1 Å². The zero-order valence-electron chi connectivity index (χ0n) is 12.2. The van der Waals surface area contributed by atoms with E-state index < -0.39 is 23.3 Å². The summed E-state index contributed by atoms with van der Waals surface area (Å²) in [5, 5.41) is 9.96. The summed E-state index contributed by atoms with van der Waals surface area (Å²) in [6.45, 7) is 4.73. The lowest BCUT2D eigenvalue weighted by Gasteiger charge is -2.14. The average Bonchev–Trinajstić information content (AvgIpc) is 2.42. The molecule has 7 heteroatoms. The second-order valence-corrected chi connectivity index (χ2v) is 6.13. The molecule has 0 fully saturated rings. The smallest absolute Gasteiger partial charge is 0.416 e. The maximum Gasteiger partial charge on any atom is 0.416 e. The number of fused-ring (bicyclic) bond motifs is 1. The highest BCUT2D eigenvalue weighted by atomic mass is 32.2. The van der Waals surface area contributed by atoms with Gasteiger partial charge in [-0.15, -0.1) is 0 Å². The van der Waals surface area contributed by atoms with Crippen molar-refractivity contribution in [2.75, 3.05) is 5.75 Å². The summed E-state index contributed by atoms with van der Waals surface area (Å²) in [7, 11) is 0.